The fourth-order valence-electron chi connectivity index (χ4n) is 5.14. The number of nitrogens with one attached hydrogen (secondary N) is 1. The van der Waals surface area contributed by atoms with Gasteiger partial charge in [0.2, 0.25) is 5.91 Å². The zero-order valence-electron chi connectivity index (χ0n) is 22.5. The summed E-state index contributed by atoms with van der Waals surface area (Å²) in [6.45, 7) is 5.70. The van der Waals surface area contributed by atoms with Crippen LogP contribution < -0.4 is 10.1 Å². The number of halogens is 1. The Balaban J connectivity index is 1.83. The topological polar surface area (TPSA) is 91.2 Å². The molecule has 0 radical (unpaired) electrons. The Kier molecular flexibility index (Phi) is 9.04. The molecule has 1 heterocycles. The Morgan fingerprint density at radius 3 is 2.49 bits per heavy atom. The number of aliphatic imine (C=N–C) groups is 1. The number of carbonyl (C=O) groups excluding carboxylic acids is 1. The molecule has 1 amide bonds. The summed E-state index contributed by atoms with van der Waals surface area (Å²) in [7, 11) is 1.58. The summed E-state index contributed by atoms with van der Waals surface area (Å²) in [6.07, 6.45) is 1.52. The molecule has 0 aromatic heterocycles. The first kappa shape index (κ1) is 28.3. The van der Waals surface area contributed by atoms with E-state index in [9.17, 15) is 14.7 Å². The van der Waals surface area contributed by atoms with Crippen molar-refractivity contribution in [3.63, 3.8) is 0 Å². The van der Waals surface area contributed by atoms with Crippen molar-refractivity contribution in [2.75, 3.05) is 25.5 Å². The smallest absolute Gasteiger partial charge is 0.305 e. The summed E-state index contributed by atoms with van der Waals surface area (Å²) in [5.74, 6) is -0.392. The molecule has 7 nitrogen and oxygen atoms in total. The van der Waals surface area contributed by atoms with Gasteiger partial charge in [-0.05, 0) is 68.8 Å². The molecule has 3 aromatic rings. The second-order valence-electron chi connectivity index (χ2n) is 9.83. The molecule has 1 aliphatic heterocycles. The first-order chi connectivity index (χ1) is 18.7. The molecule has 204 valence electrons. The Morgan fingerprint density at radius 1 is 1.13 bits per heavy atom. The number of methoxy groups -OCH3 is 1. The maximum Gasteiger partial charge on any atom is 0.305 e. The maximum atomic E-state index is 13.6. The number of likely N-dealkylation sites (N-methyl/N-ethyl adjacent to an activating group) is 1. The Morgan fingerprint density at radius 2 is 1.85 bits per heavy atom. The third-order valence-electron chi connectivity index (χ3n) is 7.35. The van der Waals surface area contributed by atoms with E-state index in [2.05, 4.69) is 17.1 Å². The lowest BCUT2D eigenvalue weighted by Gasteiger charge is -2.33. The molecule has 2 N–H and O–H groups in total. The Bertz CT molecular complexity index is 1340. The first-order valence-electron chi connectivity index (χ1n) is 13.1. The molecule has 3 aromatic carbocycles. The van der Waals surface area contributed by atoms with E-state index in [0.717, 1.165) is 37.1 Å². The van der Waals surface area contributed by atoms with E-state index in [-0.39, 0.29) is 12.3 Å². The van der Waals surface area contributed by atoms with Crippen molar-refractivity contribution in [2.24, 2.45) is 4.99 Å². The highest BCUT2D eigenvalue weighted by atomic mass is 35.5. The highest BCUT2D eigenvalue weighted by Crippen LogP contribution is 2.33. The average molecular weight is 548 g/mol. The van der Waals surface area contributed by atoms with Gasteiger partial charge in [-0.25, -0.2) is 0 Å². The molecule has 1 saturated heterocycles. The monoisotopic (exact) mass is 547 g/mol. The van der Waals surface area contributed by atoms with E-state index in [1.165, 1.54) is 0 Å². The molecule has 1 fully saturated rings. The predicted octanol–water partition coefficient (Wildman–Crippen LogP) is 6.21. The molecule has 8 heteroatoms. The average Bonchev–Trinajstić information content (AvgIpc) is 3.34. The number of nitrogens with zero attached hydrogens (tertiary/aromatic N) is 2. The van der Waals surface area contributed by atoms with Gasteiger partial charge in [-0.2, -0.15) is 0 Å². The quantitative estimate of drug-likeness (QED) is 0.294. The molecule has 1 aliphatic rings. The molecule has 2 atom stereocenters. The van der Waals surface area contributed by atoms with Crippen molar-refractivity contribution in [1.82, 2.24) is 4.90 Å². The highest BCUT2D eigenvalue weighted by molar-refractivity contribution is 6.31. The lowest BCUT2D eigenvalue weighted by Crippen LogP contribution is -2.50. The second kappa shape index (κ2) is 12.5. The standard InChI is InChI=1S/C31H34ClN3O4/c1-4-35-18-8-17-31(35,2)30(38)34-26-16-13-23(32)19-25(26)29(22-9-6-5-7-10-22)33-27(20-28(36)37)21-11-14-24(39-3)15-12-21/h5-7,9-16,19,27H,4,8,17-18,20H2,1-3H3,(H,34,38)(H,36,37)/t27-,31+/m0/s1. The molecule has 0 unspecified atom stereocenters. The lowest BCUT2D eigenvalue weighted by molar-refractivity contribution is -0.137. The molecule has 4 rings (SSSR count). The Labute approximate surface area is 234 Å². The van der Waals surface area contributed by atoms with Crippen LogP contribution in [0.4, 0.5) is 5.69 Å². The summed E-state index contributed by atoms with van der Waals surface area (Å²) in [5.41, 5.74) is 2.62. The van der Waals surface area contributed by atoms with Gasteiger partial charge in [-0.15, -0.1) is 0 Å². The van der Waals surface area contributed by atoms with Crippen LogP contribution in [0.2, 0.25) is 5.02 Å². The number of carbonyl (C=O) groups is 2. The third-order valence-corrected chi connectivity index (χ3v) is 7.58. The van der Waals surface area contributed by atoms with Crippen molar-refractivity contribution in [2.45, 2.75) is 44.7 Å². The van der Waals surface area contributed by atoms with Crippen LogP contribution in [-0.2, 0) is 9.59 Å². The number of ether oxygens (including phenoxy) is 1. The van der Waals surface area contributed by atoms with Crippen LogP contribution >= 0.6 is 11.6 Å². The van der Waals surface area contributed by atoms with Crippen LogP contribution in [0.25, 0.3) is 0 Å². The number of anilines is 1. The summed E-state index contributed by atoms with van der Waals surface area (Å²) in [6, 6.07) is 21.3. The van der Waals surface area contributed by atoms with Gasteiger partial charge in [0.05, 0.1) is 36.5 Å². The van der Waals surface area contributed by atoms with Gasteiger partial charge in [0, 0.05) is 16.1 Å². The summed E-state index contributed by atoms with van der Waals surface area (Å²) >= 11 is 6.47. The van der Waals surface area contributed by atoms with Crippen LogP contribution in [0, 0.1) is 0 Å². The molecule has 0 aliphatic carbocycles. The molecule has 39 heavy (non-hydrogen) atoms. The molecule has 0 spiro atoms. The van der Waals surface area contributed by atoms with Gasteiger partial charge in [-0.1, -0.05) is 61.0 Å². The number of aliphatic carboxylic acids is 1. The number of rotatable bonds is 10. The number of carboxylic acids is 1. The number of carboxylic acid groups (broad SMARTS) is 1. The summed E-state index contributed by atoms with van der Waals surface area (Å²) < 4.78 is 5.27. The molecule has 0 bridgehead atoms. The number of hydrogen-bond donors (Lipinski definition) is 2. The molecular weight excluding hydrogens is 514 g/mol. The zero-order valence-corrected chi connectivity index (χ0v) is 23.2. The van der Waals surface area contributed by atoms with Gasteiger partial charge in [0.15, 0.2) is 0 Å². The number of likely N-dealkylation sites (tertiary alicyclic amines) is 1. The molecule has 0 saturated carbocycles. The number of hydrogen-bond acceptors (Lipinski definition) is 5. The maximum absolute atomic E-state index is 13.6. The van der Waals surface area contributed by atoms with Gasteiger partial charge in [0.1, 0.15) is 5.75 Å². The van der Waals surface area contributed by atoms with Crippen LogP contribution in [0.5, 0.6) is 5.75 Å². The fourth-order valence-corrected chi connectivity index (χ4v) is 5.31. The van der Waals surface area contributed by atoms with E-state index in [0.29, 0.717) is 27.7 Å². The Hall–Kier alpha value is -3.68. The van der Waals surface area contributed by atoms with Crippen molar-refractivity contribution >= 4 is 34.9 Å². The van der Waals surface area contributed by atoms with Crippen LogP contribution in [0.3, 0.4) is 0 Å². The minimum absolute atomic E-state index is 0.0879. The highest BCUT2D eigenvalue weighted by Gasteiger charge is 2.42. The van der Waals surface area contributed by atoms with E-state index in [1.54, 1.807) is 37.4 Å². The second-order valence-corrected chi connectivity index (χ2v) is 10.3. The van der Waals surface area contributed by atoms with Crippen LogP contribution in [0.1, 0.15) is 55.8 Å². The SMILES string of the molecule is CCN1CCC[C@]1(C)C(=O)Nc1ccc(Cl)cc1C(=N[C@@H](CC(=O)O)c1ccc(OC)cc1)c1ccccc1. The van der Waals surface area contributed by atoms with Crippen LogP contribution in [-0.4, -0.2) is 53.3 Å². The van der Waals surface area contributed by atoms with Crippen molar-refractivity contribution in [1.29, 1.82) is 0 Å². The van der Waals surface area contributed by atoms with Gasteiger partial charge in [-0.3, -0.25) is 19.5 Å². The van der Waals surface area contributed by atoms with Crippen molar-refractivity contribution < 1.29 is 19.4 Å². The zero-order chi connectivity index (χ0) is 28.0. The minimum Gasteiger partial charge on any atom is -0.497 e. The minimum atomic E-state index is -0.972. The van der Waals surface area contributed by atoms with E-state index in [4.69, 9.17) is 21.3 Å². The predicted molar refractivity (Wildman–Crippen MR) is 155 cm³/mol. The fraction of sp³-hybridized carbons (Fsp3) is 0.323. The van der Waals surface area contributed by atoms with Gasteiger partial charge >= 0.3 is 5.97 Å². The number of amides is 1. The van der Waals surface area contributed by atoms with E-state index < -0.39 is 17.6 Å². The lowest BCUT2D eigenvalue weighted by atomic mass is 9.95. The summed E-state index contributed by atoms with van der Waals surface area (Å²) in [5, 5.41) is 13.4. The van der Waals surface area contributed by atoms with E-state index in [1.807, 2.05) is 49.4 Å². The van der Waals surface area contributed by atoms with Gasteiger partial charge < -0.3 is 15.2 Å². The van der Waals surface area contributed by atoms with Crippen molar-refractivity contribution in [3.05, 3.63) is 94.5 Å². The van der Waals surface area contributed by atoms with Crippen LogP contribution in [0.15, 0.2) is 77.8 Å². The molecular formula is C31H34ClN3O4. The van der Waals surface area contributed by atoms with E-state index >= 15 is 0 Å². The summed E-state index contributed by atoms with van der Waals surface area (Å²) in [4.78, 5) is 32.7. The van der Waals surface area contributed by atoms with Gasteiger partial charge in [0.25, 0.3) is 0 Å². The third kappa shape index (κ3) is 6.49. The normalized spacial score (nSPS) is 18.5. The first-order valence-corrected chi connectivity index (χ1v) is 13.5. The van der Waals surface area contributed by atoms with Crippen molar-refractivity contribution in [3.8, 4) is 5.75 Å². The largest absolute Gasteiger partial charge is 0.497 e. The number of benzene rings is 3.